The fourth-order valence-corrected chi connectivity index (χ4v) is 2.21. The minimum atomic E-state index is -0.250. The smallest absolute Gasteiger partial charge is 0.310 e. The third kappa shape index (κ3) is 3.23. The number of methoxy groups -OCH3 is 1. The summed E-state index contributed by atoms with van der Waals surface area (Å²) in [6.07, 6.45) is 3.92. The van der Waals surface area contributed by atoms with E-state index in [0.717, 1.165) is 0 Å². The van der Waals surface area contributed by atoms with Crippen LogP contribution in [0.15, 0.2) is 18.5 Å². The van der Waals surface area contributed by atoms with Crippen molar-refractivity contribution in [2.45, 2.75) is 6.42 Å². The highest BCUT2D eigenvalue weighted by Gasteiger charge is 2.31. The topological polar surface area (TPSA) is 75.6 Å². The number of aromatic nitrogens is 2. The standard InChI is InChI=1S/C13H18N4O3/c1-16(13-14-5-3-6-15-13)9-11(18)17-7-4-10(8-17)12(19)20-2/h3,5-6,10H,4,7-9H2,1-2H3. The predicted molar refractivity (Wildman–Crippen MR) is 72.0 cm³/mol. The Morgan fingerprint density at radius 2 is 2.15 bits per heavy atom. The van der Waals surface area contributed by atoms with Crippen molar-refractivity contribution < 1.29 is 14.3 Å². The molecule has 1 aliphatic rings. The highest BCUT2D eigenvalue weighted by molar-refractivity contribution is 5.82. The van der Waals surface area contributed by atoms with Crippen LogP contribution in [-0.4, -0.2) is 60.5 Å². The van der Waals surface area contributed by atoms with Gasteiger partial charge in [0.1, 0.15) is 0 Å². The number of carbonyl (C=O) groups is 2. The first-order valence-corrected chi connectivity index (χ1v) is 6.45. The van der Waals surface area contributed by atoms with Gasteiger partial charge in [0.2, 0.25) is 11.9 Å². The van der Waals surface area contributed by atoms with Gasteiger partial charge in [-0.1, -0.05) is 0 Å². The van der Waals surface area contributed by atoms with Crippen molar-refractivity contribution in [3.8, 4) is 0 Å². The molecule has 20 heavy (non-hydrogen) atoms. The Balaban J connectivity index is 1.88. The predicted octanol–water partition coefficient (Wildman–Crippen LogP) is -0.0657. The molecule has 108 valence electrons. The van der Waals surface area contributed by atoms with Gasteiger partial charge in [0.15, 0.2) is 0 Å². The van der Waals surface area contributed by atoms with E-state index in [1.165, 1.54) is 7.11 Å². The minimum absolute atomic E-state index is 0.0358. The van der Waals surface area contributed by atoms with Gasteiger partial charge in [0.25, 0.3) is 0 Å². The lowest BCUT2D eigenvalue weighted by molar-refractivity contribution is -0.145. The number of nitrogens with zero attached hydrogens (tertiary/aromatic N) is 4. The quantitative estimate of drug-likeness (QED) is 0.718. The zero-order valence-corrected chi connectivity index (χ0v) is 11.7. The average molecular weight is 278 g/mol. The van der Waals surface area contributed by atoms with E-state index >= 15 is 0 Å². The van der Waals surface area contributed by atoms with Crippen LogP contribution < -0.4 is 4.90 Å². The molecule has 0 radical (unpaired) electrons. The Kier molecular flexibility index (Phi) is 4.49. The van der Waals surface area contributed by atoms with E-state index in [4.69, 9.17) is 4.74 Å². The monoisotopic (exact) mass is 278 g/mol. The molecular formula is C13H18N4O3. The highest BCUT2D eigenvalue weighted by Crippen LogP contribution is 2.18. The number of likely N-dealkylation sites (tertiary alicyclic amines) is 1. The molecule has 2 rings (SSSR count). The lowest BCUT2D eigenvalue weighted by Gasteiger charge is -2.21. The summed E-state index contributed by atoms with van der Waals surface area (Å²) in [4.78, 5) is 35.1. The van der Waals surface area contributed by atoms with Crippen LogP contribution in [0.1, 0.15) is 6.42 Å². The fourth-order valence-electron chi connectivity index (χ4n) is 2.21. The van der Waals surface area contributed by atoms with Crippen LogP contribution in [0.4, 0.5) is 5.95 Å². The van der Waals surface area contributed by atoms with Crippen LogP contribution in [0.5, 0.6) is 0 Å². The number of ether oxygens (including phenoxy) is 1. The summed E-state index contributed by atoms with van der Waals surface area (Å²) in [5, 5.41) is 0. The van der Waals surface area contributed by atoms with E-state index in [0.29, 0.717) is 25.5 Å². The van der Waals surface area contributed by atoms with Gasteiger partial charge in [-0.25, -0.2) is 9.97 Å². The highest BCUT2D eigenvalue weighted by atomic mass is 16.5. The molecule has 1 atom stereocenters. The van der Waals surface area contributed by atoms with E-state index < -0.39 is 0 Å². The van der Waals surface area contributed by atoms with Gasteiger partial charge in [-0.05, 0) is 12.5 Å². The van der Waals surface area contributed by atoms with E-state index in [-0.39, 0.29) is 24.3 Å². The van der Waals surface area contributed by atoms with E-state index in [9.17, 15) is 9.59 Å². The Labute approximate surface area is 117 Å². The van der Waals surface area contributed by atoms with Gasteiger partial charge in [0, 0.05) is 32.5 Å². The lowest BCUT2D eigenvalue weighted by atomic mass is 10.1. The maximum atomic E-state index is 12.2. The molecule has 1 aliphatic heterocycles. The molecule has 2 heterocycles. The second kappa shape index (κ2) is 6.31. The molecule has 1 amide bonds. The molecular weight excluding hydrogens is 260 g/mol. The van der Waals surface area contributed by atoms with Crippen molar-refractivity contribution >= 4 is 17.8 Å². The number of rotatable bonds is 4. The maximum Gasteiger partial charge on any atom is 0.310 e. The van der Waals surface area contributed by atoms with Crippen LogP contribution in [0.25, 0.3) is 0 Å². The van der Waals surface area contributed by atoms with E-state index in [1.54, 1.807) is 35.3 Å². The number of hydrogen-bond acceptors (Lipinski definition) is 6. The molecule has 7 heteroatoms. The molecule has 7 nitrogen and oxygen atoms in total. The third-order valence-electron chi connectivity index (χ3n) is 3.34. The number of carbonyl (C=O) groups excluding carboxylic acids is 2. The van der Waals surface area contributed by atoms with Gasteiger partial charge in [-0.15, -0.1) is 0 Å². The molecule has 0 bridgehead atoms. The minimum Gasteiger partial charge on any atom is -0.469 e. The molecule has 1 unspecified atom stereocenters. The number of esters is 1. The van der Waals surface area contributed by atoms with Crippen molar-refractivity contribution in [2.24, 2.45) is 5.92 Å². The number of anilines is 1. The van der Waals surface area contributed by atoms with Crippen molar-refractivity contribution in [3.63, 3.8) is 0 Å². The van der Waals surface area contributed by atoms with Gasteiger partial charge in [-0.3, -0.25) is 9.59 Å². The molecule has 0 aromatic carbocycles. The van der Waals surface area contributed by atoms with Crippen LogP contribution in [-0.2, 0) is 14.3 Å². The van der Waals surface area contributed by atoms with Crippen LogP contribution in [0.2, 0.25) is 0 Å². The lowest BCUT2D eigenvalue weighted by Crippen LogP contribution is -2.38. The Morgan fingerprint density at radius 1 is 1.45 bits per heavy atom. The van der Waals surface area contributed by atoms with Gasteiger partial charge in [-0.2, -0.15) is 0 Å². The zero-order valence-electron chi connectivity index (χ0n) is 11.7. The van der Waals surface area contributed by atoms with Crippen LogP contribution >= 0.6 is 0 Å². The Hall–Kier alpha value is -2.18. The summed E-state index contributed by atoms with van der Waals surface area (Å²) in [6, 6.07) is 1.72. The summed E-state index contributed by atoms with van der Waals surface area (Å²) in [6.45, 7) is 1.20. The molecule has 1 aromatic heterocycles. The summed E-state index contributed by atoms with van der Waals surface area (Å²) in [5.41, 5.74) is 0. The summed E-state index contributed by atoms with van der Waals surface area (Å²) < 4.78 is 4.71. The molecule has 1 saturated heterocycles. The van der Waals surface area contributed by atoms with Crippen LogP contribution in [0, 0.1) is 5.92 Å². The van der Waals surface area contributed by atoms with Crippen molar-refractivity contribution in [1.29, 1.82) is 0 Å². The molecule has 0 saturated carbocycles. The second-order valence-corrected chi connectivity index (χ2v) is 4.75. The third-order valence-corrected chi connectivity index (χ3v) is 3.34. The Morgan fingerprint density at radius 3 is 2.80 bits per heavy atom. The second-order valence-electron chi connectivity index (χ2n) is 4.75. The van der Waals surface area contributed by atoms with Crippen molar-refractivity contribution in [1.82, 2.24) is 14.9 Å². The number of hydrogen-bond donors (Lipinski definition) is 0. The summed E-state index contributed by atoms with van der Waals surface area (Å²) in [7, 11) is 3.13. The van der Waals surface area contributed by atoms with Gasteiger partial charge >= 0.3 is 5.97 Å². The zero-order chi connectivity index (χ0) is 14.5. The van der Waals surface area contributed by atoms with E-state index in [2.05, 4.69) is 9.97 Å². The first-order chi connectivity index (χ1) is 9.61. The summed E-state index contributed by atoms with van der Waals surface area (Å²) in [5.74, 6) is 0.0122. The first-order valence-electron chi connectivity index (χ1n) is 6.45. The Bertz CT molecular complexity index is 480. The van der Waals surface area contributed by atoms with Crippen molar-refractivity contribution in [2.75, 3.05) is 38.7 Å². The average Bonchev–Trinajstić information content (AvgIpc) is 2.97. The van der Waals surface area contributed by atoms with Crippen molar-refractivity contribution in [3.05, 3.63) is 18.5 Å². The maximum absolute atomic E-state index is 12.2. The SMILES string of the molecule is COC(=O)C1CCN(C(=O)CN(C)c2ncccn2)C1. The molecule has 1 aromatic rings. The molecule has 1 fully saturated rings. The largest absolute Gasteiger partial charge is 0.469 e. The normalized spacial score (nSPS) is 17.9. The molecule has 0 spiro atoms. The molecule has 0 aliphatic carbocycles. The first kappa shape index (κ1) is 14.2. The molecule has 0 N–H and O–H groups in total. The van der Waals surface area contributed by atoms with Gasteiger partial charge in [0.05, 0.1) is 19.6 Å². The van der Waals surface area contributed by atoms with Crippen LogP contribution in [0.3, 0.4) is 0 Å². The summed E-state index contributed by atoms with van der Waals surface area (Å²) >= 11 is 0. The van der Waals surface area contributed by atoms with Gasteiger partial charge < -0.3 is 14.5 Å². The number of likely N-dealkylation sites (N-methyl/N-ethyl adjacent to an activating group) is 1. The number of amides is 1. The van der Waals surface area contributed by atoms with E-state index in [1.807, 2.05) is 0 Å². The fraction of sp³-hybridized carbons (Fsp3) is 0.538.